The van der Waals surface area contributed by atoms with Gasteiger partial charge in [-0.1, -0.05) is 13.8 Å². The zero-order chi connectivity index (χ0) is 12.1. The van der Waals surface area contributed by atoms with E-state index in [1.54, 1.807) is 6.92 Å². The second kappa shape index (κ2) is 5.73. The molecule has 88 valence electrons. The average Bonchev–Trinajstić information content (AvgIpc) is 2.14. The molecule has 0 saturated carbocycles. The molecule has 0 amide bonds. The Morgan fingerprint density at radius 1 is 1.13 bits per heavy atom. The smallest absolute Gasteiger partial charge is 0.322 e. The van der Waals surface area contributed by atoms with Crippen LogP contribution < -0.4 is 0 Å². The maximum absolute atomic E-state index is 11.6. The van der Waals surface area contributed by atoms with Crippen molar-refractivity contribution in [1.82, 2.24) is 0 Å². The number of hydrogen-bond acceptors (Lipinski definition) is 4. The summed E-state index contributed by atoms with van der Waals surface area (Å²) >= 11 is 0. The van der Waals surface area contributed by atoms with Gasteiger partial charge in [-0.25, -0.2) is 0 Å². The first kappa shape index (κ1) is 13.9. The van der Waals surface area contributed by atoms with E-state index in [0.29, 0.717) is 6.61 Å². The van der Waals surface area contributed by atoms with E-state index in [0.717, 1.165) is 0 Å². The molecule has 0 aromatic heterocycles. The molecule has 0 radical (unpaired) electrons. The maximum Gasteiger partial charge on any atom is 0.322 e. The fourth-order valence-corrected chi connectivity index (χ4v) is 0.818. The zero-order valence-electron chi connectivity index (χ0n) is 10.1. The first-order valence-corrected chi connectivity index (χ1v) is 5.16. The van der Waals surface area contributed by atoms with Crippen molar-refractivity contribution in [3.63, 3.8) is 0 Å². The van der Waals surface area contributed by atoms with Gasteiger partial charge in [0.05, 0.1) is 13.2 Å². The summed E-state index contributed by atoms with van der Waals surface area (Å²) < 4.78 is 9.79. The van der Waals surface area contributed by atoms with E-state index in [2.05, 4.69) is 0 Å². The van der Waals surface area contributed by atoms with Crippen LogP contribution in [0.3, 0.4) is 0 Å². The molecule has 0 unspecified atom stereocenters. The summed E-state index contributed by atoms with van der Waals surface area (Å²) in [7, 11) is 0. The summed E-state index contributed by atoms with van der Waals surface area (Å²) in [5.74, 6) is -0.819. The molecule has 0 aromatic rings. The second-order valence-corrected chi connectivity index (χ2v) is 4.34. The average molecular weight is 216 g/mol. The lowest BCUT2D eigenvalue weighted by Crippen LogP contribution is -2.37. The Bertz CT molecular complexity index is 231. The molecule has 0 aliphatic heterocycles. The van der Waals surface area contributed by atoms with Gasteiger partial charge < -0.3 is 9.47 Å². The molecule has 0 heterocycles. The van der Waals surface area contributed by atoms with E-state index >= 15 is 0 Å². The quantitative estimate of drug-likeness (QED) is 0.519. The van der Waals surface area contributed by atoms with Crippen LogP contribution in [0.2, 0.25) is 0 Å². The predicted octanol–water partition coefficient (Wildman–Crippen LogP) is 1.77. The van der Waals surface area contributed by atoms with Gasteiger partial charge in [-0.15, -0.1) is 0 Å². The van der Waals surface area contributed by atoms with E-state index in [4.69, 9.17) is 9.47 Å². The van der Waals surface area contributed by atoms with Crippen LogP contribution in [-0.4, -0.2) is 25.2 Å². The standard InChI is InChI=1S/C11H20O4/c1-6-14-9(12)11(4,5)10(13)15-7-8(2)3/h8H,6-7H2,1-5H3. The molecular weight excluding hydrogens is 196 g/mol. The van der Waals surface area contributed by atoms with Crippen LogP contribution in [-0.2, 0) is 19.1 Å². The van der Waals surface area contributed by atoms with E-state index in [9.17, 15) is 9.59 Å². The van der Waals surface area contributed by atoms with E-state index < -0.39 is 17.4 Å². The van der Waals surface area contributed by atoms with Crippen molar-refractivity contribution in [3.8, 4) is 0 Å². The van der Waals surface area contributed by atoms with Gasteiger partial charge in [0.2, 0.25) is 0 Å². The normalized spacial score (nSPS) is 11.3. The Morgan fingerprint density at radius 3 is 2.00 bits per heavy atom. The molecule has 0 atom stereocenters. The summed E-state index contributed by atoms with van der Waals surface area (Å²) in [6.45, 7) is 9.17. The molecule has 0 saturated heterocycles. The van der Waals surface area contributed by atoms with Gasteiger partial charge >= 0.3 is 11.9 Å². The van der Waals surface area contributed by atoms with E-state index in [-0.39, 0.29) is 12.5 Å². The van der Waals surface area contributed by atoms with Crippen molar-refractivity contribution in [2.75, 3.05) is 13.2 Å². The highest BCUT2D eigenvalue weighted by Gasteiger charge is 2.39. The van der Waals surface area contributed by atoms with Gasteiger partial charge in [0, 0.05) is 0 Å². The Kier molecular flexibility index (Phi) is 5.33. The summed E-state index contributed by atoms with van der Waals surface area (Å²) in [6.07, 6.45) is 0. The van der Waals surface area contributed by atoms with Crippen molar-refractivity contribution in [2.24, 2.45) is 11.3 Å². The Labute approximate surface area is 90.9 Å². The SMILES string of the molecule is CCOC(=O)C(C)(C)C(=O)OCC(C)C. The number of ether oxygens (including phenoxy) is 2. The summed E-state index contributed by atoms with van der Waals surface area (Å²) in [6, 6.07) is 0. The van der Waals surface area contributed by atoms with Crippen molar-refractivity contribution >= 4 is 11.9 Å². The Balaban J connectivity index is 4.31. The molecular formula is C11H20O4. The van der Waals surface area contributed by atoms with E-state index in [1.807, 2.05) is 13.8 Å². The van der Waals surface area contributed by atoms with Crippen LogP contribution in [0.1, 0.15) is 34.6 Å². The number of carbonyl (C=O) groups is 2. The zero-order valence-corrected chi connectivity index (χ0v) is 10.1. The highest BCUT2D eigenvalue weighted by molar-refractivity contribution is 5.99. The molecule has 4 nitrogen and oxygen atoms in total. The molecule has 0 fully saturated rings. The first-order chi connectivity index (χ1) is 6.82. The van der Waals surface area contributed by atoms with Crippen molar-refractivity contribution in [2.45, 2.75) is 34.6 Å². The van der Waals surface area contributed by atoms with Crippen molar-refractivity contribution < 1.29 is 19.1 Å². The topological polar surface area (TPSA) is 52.6 Å². The number of hydrogen-bond donors (Lipinski definition) is 0. The molecule has 0 spiro atoms. The monoisotopic (exact) mass is 216 g/mol. The minimum absolute atomic E-state index is 0.256. The Hall–Kier alpha value is -1.06. The second-order valence-electron chi connectivity index (χ2n) is 4.34. The van der Waals surface area contributed by atoms with Gasteiger partial charge in [0.25, 0.3) is 0 Å². The molecule has 0 aromatic carbocycles. The van der Waals surface area contributed by atoms with Gasteiger partial charge in [0.15, 0.2) is 5.41 Å². The molecule has 0 N–H and O–H groups in total. The lowest BCUT2D eigenvalue weighted by Gasteiger charge is -2.20. The van der Waals surface area contributed by atoms with Crippen LogP contribution >= 0.6 is 0 Å². The van der Waals surface area contributed by atoms with E-state index in [1.165, 1.54) is 13.8 Å². The minimum atomic E-state index is -1.22. The number of carbonyl (C=O) groups excluding carboxylic acids is 2. The van der Waals surface area contributed by atoms with Gasteiger partial charge in [-0.3, -0.25) is 9.59 Å². The van der Waals surface area contributed by atoms with Crippen LogP contribution in [0.25, 0.3) is 0 Å². The highest BCUT2D eigenvalue weighted by atomic mass is 16.6. The molecule has 0 rings (SSSR count). The van der Waals surface area contributed by atoms with Crippen LogP contribution in [0.5, 0.6) is 0 Å². The largest absolute Gasteiger partial charge is 0.465 e. The fraction of sp³-hybridized carbons (Fsp3) is 0.818. The molecule has 15 heavy (non-hydrogen) atoms. The van der Waals surface area contributed by atoms with Crippen molar-refractivity contribution in [1.29, 1.82) is 0 Å². The molecule has 0 aliphatic carbocycles. The molecule has 0 bridgehead atoms. The predicted molar refractivity (Wildman–Crippen MR) is 56.2 cm³/mol. The summed E-state index contributed by atoms with van der Waals surface area (Å²) in [5.41, 5.74) is -1.22. The van der Waals surface area contributed by atoms with Crippen LogP contribution in [0.15, 0.2) is 0 Å². The lowest BCUT2D eigenvalue weighted by atomic mass is 9.94. The third kappa shape index (κ3) is 4.32. The van der Waals surface area contributed by atoms with Crippen molar-refractivity contribution in [3.05, 3.63) is 0 Å². The summed E-state index contributed by atoms with van der Waals surface area (Å²) in [5, 5.41) is 0. The maximum atomic E-state index is 11.6. The summed E-state index contributed by atoms with van der Waals surface area (Å²) in [4.78, 5) is 23.0. The first-order valence-electron chi connectivity index (χ1n) is 5.16. The Morgan fingerprint density at radius 2 is 1.60 bits per heavy atom. The van der Waals surface area contributed by atoms with Gasteiger partial charge in [0.1, 0.15) is 0 Å². The van der Waals surface area contributed by atoms with Gasteiger partial charge in [-0.2, -0.15) is 0 Å². The highest BCUT2D eigenvalue weighted by Crippen LogP contribution is 2.19. The lowest BCUT2D eigenvalue weighted by molar-refractivity contribution is -0.170. The third-order valence-corrected chi connectivity index (χ3v) is 1.84. The van der Waals surface area contributed by atoms with Crippen LogP contribution in [0.4, 0.5) is 0 Å². The minimum Gasteiger partial charge on any atom is -0.465 e. The molecule has 4 heteroatoms. The molecule has 0 aliphatic rings. The van der Waals surface area contributed by atoms with Crippen LogP contribution in [0, 0.1) is 11.3 Å². The van der Waals surface area contributed by atoms with Gasteiger partial charge in [-0.05, 0) is 26.7 Å². The number of esters is 2. The fourth-order valence-electron chi connectivity index (χ4n) is 0.818. The number of rotatable bonds is 5. The third-order valence-electron chi connectivity index (χ3n) is 1.84.